The zero-order chi connectivity index (χ0) is 35.0. The summed E-state index contributed by atoms with van der Waals surface area (Å²) >= 11 is 0. The van der Waals surface area contributed by atoms with Gasteiger partial charge in [-0.25, -0.2) is 9.59 Å². The molecule has 1 aliphatic rings. The van der Waals surface area contributed by atoms with Gasteiger partial charge in [-0.2, -0.15) is 0 Å². The number of hydrogen-bond acceptors (Lipinski definition) is 8. The Labute approximate surface area is 290 Å². The van der Waals surface area contributed by atoms with Crippen molar-refractivity contribution in [3.63, 3.8) is 0 Å². The van der Waals surface area contributed by atoms with Gasteiger partial charge in [0.2, 0.25) is 0 Å². The number of unbranched alkanes of at least 4 members (excludes halogenated alkanes) is 2. The fourth-order valence-corrected chi connectivity index (χ4v) is 6.10. The van der Waals surface area contributed by atoms with E-state index in [4.69, 9.17) is 29.2 Å². The molecule has 0 amide bonds. The number of benzene rings is 3. The standard InChI is InChI=1S/C41H50O8/c1-4-5-6-7-31-8-10-32(11-9-31)33-12-14-34(15-13-33)35-16-18-36(19-17-35)37-20-21-38(46-22-24-48-40(44)29(2)27-42)39(26-37)47-23-25-49-41(45)30(3)28-43/h12-21,26,31-32,42-43H,2-11,22-25,27-28H2,1H3. The average molecular weight is 671 g/mol. The third kappa shape index (κ3) is 11.3. The van der Waals surface area contributed by atoms with Gasteiger partial charge < -0.3 is 29.2 Å². The molecule has 8 heteroatoms. The number of ether oxygens (including phenoxy) is 4. The van der Waals surface area contributed by atoms with Gasteiger partial charge in [-0.1, -0.05) is 100 Å². The fourth-order valence-electron chi connectivity index (χ4n) is 6.10. The van der Waals surface area contributed by atoms with E-state index in [1.54, 1.807) is 6.07 Å². The summed E-state index contributed by atoms with van der Waals surface area (Å²) in [4.78, 5) is 23.6. The number of carbonyl (C=O) groups is 2. The largest absolute Gasteiger partial charge is 0.486 e. The summed E-state index contributed by atoms with van der Waals surface area (Å²) in [5.74, 6) is 1.00. The maximum atomic E-state index is 11.8. The highest BCUT2D eigenvalue weighted by Crippen LogP contribution is 2.39. The molecule has 4 rings (SSSR count). The Bertz CT molecular complexity index is 1520. The molecule has 2 N–H and O–H groups in total. The second kappa shape index (κ2) is 19.6. The van der Waals surface area contributed by atoms with Crippen LogP contribution in [0.5, 0.6) is 11.5 Å². The molecule has 262 valence electrons. The van der Waals surface area contributed by atoms with Gasteiger partial charge in [0.05, 0.1) is 24.4 Å². The van der Waals surface area contributed by atoms with Gasteiger partial charge in [0, 0.05) is 0 Å². The third-order valence-corrected chi connectivity index (χ3v) is 9.05. The van der Waals surface area contributed by atoms with E-state index in [-0.39, 0.29) is 37.6 Å². The van der Waals surface area contributed by atoms with Crippen molar-refractivity contribution in [2.45, 2.75) is 64.2 Å². The molecule has 1 saturated carbocycles. The molecule has 0 aromatic heterocycles. The summed E-state index contributed by atoms with van der Waals surface area (Å²) in [7, 11) is 0. The van der Waals surface area contributed by atoms with E-state index in [1.807, 2.05) is 12.1 Å². The van der Waals surface area contributed by atoms with Gasteiger partial charge in [0.25, 0.3) is 0 Å². The summed E-state index contributed by atoms with van der Waals surface area (Å²) in [5, 5.41) is 18.1. The molecule has 0 heterocycles. The van der Waals surface area contributed by atoms with Crippen LogP contribution < -0.4 is 9.47 Å². The first-order chi connectivity index (χ1) is 23.8. The normalized spacial score (nSPS) is 15.7. The third-order valence-electron chi connectivity index (χ3n) is 9.05. The van der Waals surface area contributed by atoms with Crippen molar-refractivity contribution in [1.82, 2.24) is 0 Å². The van der Waals surface area contributed by atoms with Crippen LogP contribution in [-0.4, -0.2) is 61.8 Å². The van der Waals surface area contributed by atoms with E-state index in [0.29, 0.717) is 17.4 Å². The first-order valence-corrected chi connectivity index (χ1v) is 17.3. The fraction of sp³-hybridized carbons (Fsp3) is 0.415. The molecular formula is C41H50O8. The molecule has 0 radical (unpaired) electrons. The maximum Gasteiger partial charge on any atom is 0.335 e. The van der Waals surface area contributed by atoms with Gasteiger partial charge in [-0.15, -0.1) is 0 Å². The first kappa shape index (κ1) is 37.4. The predicted octanol–water partition coefficient (Wildman–Crippen LogP) is 7.82. The number of carbonyl (C=O) groups excluding carboxylic acids is 2. The predicted molar refractivity (Wildman–Crippen MR) is 192 cm³/mol. The van der Waals surface area contributed by atoms with Crippen LogP contribution in [0.15, 0.2) is 91.0 Å². The molecule has 0 saturated heterocycles. The molecular weight excluding hydrogens is 620 g/mol. The van der Waals surface area contributed by atoms with Crippen molar-refractivity contribution in [2.75, 3.05) is 39.6 Å². The highest BCUT2D eigenvalue weighted by molar-refractivity contribution is 5.88. The van der Waals surface area contributed by atoms with Crippen LogP contribution in [-0.2, 0) is 19.1 Å². The monoisotopic (exact) mass is 670 g/mol. The van der Waals surface area contributed by atoms with Gasteiger partial charge in [0.15, 0.2) is 11.5 Å². The molecule has 3 aromatic carbocycles. The molecule has 8 nitrogen and oxygen atoms in total. The van der Waals surface area contributed by atoms with Crippen LogP contribution in [0.4, 0.5) is 0 Å². The van der Waals surface area contributed by atoms with Crippen LogP contribution in [0, 0.1) is 5.92 Å². The molecule has 1 fully saturated rings. The molecule has 1 aliphatic carbocycles. The molecule has 3 aromatic rings. The van der Waals surface area contributed by atoms with E-state index >= 15 is 0 Å². The van der Waals surface area contributed by atoms with Crippen LogP contribution >= 0.6 is 0 Å². The Kier molecular flexibility index (Phi) is 14.9. The highest BCUT2D eigenvalue weighted by Gasteiger charge is 2.22. The first-order valence-electron chi connectivity index (χ1n) is 17.3. The minimum Gasteiger partial charge on any atom is -0.486 e. The lowest BCUT2D eigenvalue weighted by atomic mass is 9.77. The average Bonchev–Trinajstić information content (AvgIpc) is 3.15. The Morgan fingerprint density at radius 2 is 1.14 bits per heavy atom. The summed E-state index contributed by atoms with van der Waals surface area (Å²) in [6.45, 7) is 8.17. The van der Waals surface area contributed by atoms with Gasteiger partial charge in [-0.05, 0) is 77.5 Å². The van der Waals surface area contributed by atoms with Crippen molar-refractivity contribution in [1.29, 1.82) is 0 Å². The van der Waals surface area contributed by atoms with Gasteiger partial charge in [-0.3, -0.25) is 0 Å². The minimum atomic E-state index is -0.697. The molecule has 0 bridgehead atoms. The van der Waals surface area contributed by atoms with Crippen molar-refractivity contribution < 1.29 is 38.7 Å². The molecule has 0 aliphatic heterocycles. The number of aliphatic hydroxyl groups is 2. The zero-order valence-electron chi connectivity index (χ0n) is 28.7. The summed E-state index contributed by atoms with van der Waals surface area (Å²) in [5.41, 5.74) is 5.55. The molecule has 0 spiro atoms. The molecule has 0 unspecified atom stereocenters. The lowest BCUT2D eigenvalue weighted by Gasteiger charge is -2.29. The summed E-state index contributed by atoms with van der Waals surface area (Å²) in [6, 6.07) is 22.9. The summed E-state index contributed by atoms with van der Waals surface area (Å²) in [6.07, 6.45) is 10.7. The van der Waals surface area contributed by atoms with E-state index in [1.165, 1.54) is 62.5 Å². The smallest absolute Gasteiger partial charge is 0.335 e. The van der Waals surface area contributed by atoms with E-state index in [2.05, 4.69) is 68.6 Å². The van der Waals surface area contributed by atoms with Crippen molar-refractivity contribution in [3.05, 3.63) is 96.6 Å². The number of hydrogen-bond donors (Lipinski definition) is 2. The summed E-state index contributed by atoms with van der Waals surface area (Å²) < 4.78 is 21.9. The molecule has 49 heavy (non-hydrogen) atoms. The van der Waals surface area contributed by atoms with Crippen molar-refractivity contribution in [3.8, 4) is 33.8 Å². The SMILES string of the molecule is C=C(CO)C(=O)OCCOc1ccc(-c2ccc(-c3ccc(C4CCC(CCCCC)CC4)cc3)cc2)cc1OCCOC(=O)C(=C)CO. The molecule has 0 atom stereocenters. The quantitative estimate of drug-likeness (QED) is 0.0755. The second-order valence-corrected chi connectivity index (χ2v) is 12.6. The highest BCUT2D eigenvalue weighted by atomic mass is 16.6. The lowest BCUT2D eigenvalue weighted by Crippen LogP contribution is -2.16. The van der Waals surface area contributed by atoms with E-state index in [9.17, 15) is 9.59 Å². The van der Waals surface area contributed by atoms with Crippen LogP contribution in [0.25, 0.3) is 22.3 Å². The van der Waals surface area contributed by atoms with Gasteiger partial charge in [0.1, 0.15) is 26.4 Å². The van der Waals surface area contributed by atoms with Crippen LogP contribution in [0.2, 0.25) is 0 Å². The lowest BCUT2D eigenvalue weighted by molar-refractivity contribution is -0.141. The Hall–Kier alpha value is -4.40. The van der Waals surface area contributed by atoms with Crippen molar-refractivity contribution >= 4 is 11.9 Å². The Morgan fingerprint density at radius 1 is 0.653 bits per heavy atom. The second-order valence-electron chi connectivity index (χ2n) is 12.6. The number of rotatable bonds is 19. The zero-order valence-corrected chi connectivity index (χ0v) is 28.7. The minimum absolute atomic E-state index is 0.0326. The maximum absolute atomic E-state index is 11.8. The van der Waals surface area contributed by atoms with E-state index in [0.717, 1.165) is 22.6 Å². The van der Waals surface area contributed by atoms with Crippen molar-refractivity contribution in [2.24, 2.45) is 5.92 Å². The van der Waals surface area contributed by atoms with E-state index < -0.39 is 25.2 Å². The topological polar surface area (TPSA) is 112 Å². The Morgan fingerprint density at radius 3 is 1.67 bits per heavy atom. The van der Waals surface area contributed by atoms with Crippen LogP contribution in [0.1, 0.15) is 69.8 Å². The Balaban J connectivity index is 1.39. The number of esters is 2. The van der Waals surface area contributed by atoms with Crippen LogP contribution in [0.3, 0.4) is 0 Å². The number of aliphatic hydroxyl groups excluding tert-OH is 2. The van der Waals surface area contributed by atoms with Gasteiger partial charge >= 0.3 is 11.9 Å².